The highest BCUT2D eigenvalue weighted by Crippen LogP contribution is 2.21. The van der Waals surface area contributed by atoms with E-state index in [1.165, 1.54) is 57.8 Å². The van der Waals surface area contributed by atoms with Gasteiger partial charge in [-0.15, -0.1) is 0 Å². The molecule has 29 heavy (non-hydrogen) atoms. The average molecular weight is 420 g/mol. The summed E-state index contributed by atoms with van der Waals surface area (Å²) in [7, 11) is 0. The standard InChI is InChI=1S/C21H36F3N3O2/c1-2-3-4-5-6-7-8-9-10-11-12-13-14-15-17(28)19-18(25)20(29)27(26-19)16-21(22,23)24/h18H,2-16,25H2,1H3. The lowest BCUT2D eigenvalue weighted by Gasteiger charge is -2.14. The van der Waals surface area contributed by atoms with Crippen LogP contribution in [0.15, 0.2) is 5.10 Å². The zero-order valence-electron chi connectivity index (χ0n) is 17.6. The normalized spacial score (nSPS) is 17.1. The topological polar surface area (TPSA) is 75.8 Å². The van der Waals surface area contributed by atoms with E-state index in [1.807, 2.05) is 0 Å². The molecule has 8 heteroatoms. The Morgan fingerprint density at radius 3 is 1.83 bits per heavy atom. The molecule has 0 saturated carbocycles. The van der Waals surface area contributed by atoms with Crippen LogP contribution in [0.1, 0.15) is 96.8 Å². The molecule has 1 heterocycles. The van der Waals surface area contributed by atoms with E-state index in [0.717, 1.165) is 19.3 Å². The Bertz CT molecular complexity index is 536. The van der Waals surface area contributed by atoms with E-state index < -0.39 is 30.5 Å². The highest BCUT2D eigenvalue weighted by molar-refractivity contribution is 6.46. The smallest absolute Gasteiger partial charge is 0.315 e. The highest BCUT2D eigenvalue weighted by Gasteiger charge is 2.41. The number of unbranched alkanes of at least 4 members (excludes halogenated alkanes) is 12. The molecule has 1 atom stereocenters. The number of rotatable bonds is 16. The number of Topliss-reactive ketones (excluding diaryl/α,β-unsaturated/α-hetero) is 1. The summed E-state index contributed by atoms with van der Waals surface area (Å²) in [6.07, 6.45) is 10.9. The fraction of sp³-hybridized carbons (Fsp3) is 0.857. The number of nitrogens with zero attached hydrogens (tertiary/aromatic N) is 2. The van der Waals surface area contributed by atoms with E-state index in [1.54, 1.807) is 0 Å². The summed E-state index contributed by atoms with van der Waals surface area (Å²) in [6, 6.07) is -1.38. The molecular weight excluding hydrogens is 383 g/mol. The zero-order chi connectivity index (χ0) is 21.7. The van der Waals surface area contributed by atoms with Gasteiger partial charge in [0, 0.05) is 6.42 Å². The first kappa shape index (κ1) is 25.6. The second-order valence-corrected chi connectivity index (χ2v) is 7.89. The van der Waals surface area contributed by atoms with E-state index in [-0.39, 0.29) is 17.1 Å². The first-order valence-corrected chi connectivity index (χ1v) is 11.0. The number of alkyl halides is 3. The Balaban J connectivity index is 2.09. The molecule has 0 radical (unpaired) electrons. The maximum Gasteiger partial charge on any atom is 0.408 e. The summed E-state index contributed by atoms with van der Waals surface area (Å²) >= 11 is 0. The number of halogens is 3. The second kappa shape index (κ2) is 13.7. The molecule has 1 aliphatic heterocycles. The van der Waals surface area contributed by atoms with Crippen molar-refractivity contribution in [2.75, 3.05) is 6.54 Å². The fourth-order valence-electron chi connectivity index (χ4n) is 3.46. The molecule has 0 saturated heterocycles. The molecule has 0 aromatic rings. The molecule has 0 aliphatic carbocycles. The largest absolute Gasteiger partial charge is 0.408 e. The molecule has 1 unspecified atom stereocenters. The summed E-state index contributed by atoms with van der Waals surface area (Å²) in [4.78, 5) is 23.9. The minimum Gasteiger partial charge on any atom is -0.315 e. The van der Waals surface area contributed by atoms with Crippen LogP contribution in [0.3, 0.4) is 0 Å². The van der Waals surface area contributed by atoms with Crippen LogP contribution < -0.4 is 5.73 Å². The summed E-state index contributed by atoms with van der Waals surface area (Å²) in [5, 5.41) is 3.77. The summed E-state index contributed by atoms with van der Waals surface area (Å²) in [6.45, 7) is 0.704. The Morgan fingerprint density at radius 2 is 1.38 bits per heavy atom. The first-order valence-electron chi connectivity index (χ1n) is 11.0. The number of carbonyl (C=O) groups is 2. The predicted molar refractivity (Wildman–Crippen MR) is 108 cm³/mol. The summed E-state index contributed by atoms with van der Waals surface area (Å²) < 4.78 is 37.3. The second-order valence-electron chi connectivity index (χ2n) is 7.89. The van der Waals surface area contributed by atoms with Crippen molar-refractivity contribution in [3.63, 3.8) is 0 Å². The third-order valence-corrected chi connectivity index (χ3v) is 5.17. The highest BCUT2D eigenvalue weighted by atomic mass is 19.4. The number of hydrogen-bond donors (Lipinski definition) is 1. The van der Waals surface area contributed by atoms with Gasteiger partial charge in [-0.3, -0.25) is 9.59 Å². The van der Waals surface area contributed by atoms with Crippen LogP contribution in [0.5, 0.6) is 0 Å². The van der Waals surface area contributed by atoms with E-state index >= 15 is 0 Å². The van der Waals surface area contributed by atoms with Crippen LogP contribution in [0.4, 0.5) is 13.2 Å². The van der Waals surface area contributed by atoms with Crippen LogP contribution in [0.25, 0.3) is 0 Å². The van der Waals surface area contributed by atoms with Crippen molar-refractivity contribution in [3.8, 4) is 0 Å². The van der Waals surface area contributed by atoms with Gasteiger partial charge in [0.1, 0.15) is 18.3 Å². The molecule has 0 fully saturated rings. The van der Waals surface area contributed by atoms with Crippen LogP contribution in [0, 0.1) is 0 Å². The van der Waals surface area contributed by atoms with Crippen molar-refractivity contribution in [2.45, 2.75) is 109 Å². The van der Waals surface area contributed by atoms with Crippen LogP contribution >= 0.6 is 0 Å². The molecular formula is C21H36F3N3O2. The minimum atomic E-state index is -4.58. The van der Waals surface area contributed by atoms with Gasteiger partial charge < -0.3 is 5.73 Å². The Morgan fingerprint density at radius 1 is 0.931 bits per heavy atom. The van der Waals surface area contributed by atoms with E-state index in [0.29, 0.717) is 6.42 Å². The average Bonchev–Trinajstić information content (AvgIpc) is 2.92. The third-order valence-electron chi connectivity index (χ3n) is 5.17. The SMILES string of the molecule is CCCCCCCCCCCCCCCC(=O)C1=NN(CC(F)(F)F)C(=O)C1N. The number of ketones is 1. The Hall–Kier alpha value is -1.44. The fourth-order valence-corrected chi connectivity index (χ4v) is 3.46. The maximum absolute atomic E-state index is 12.4. The molecule has 0 bridgehead atoms. The maximum atomic E-state index is 12.4. The molecule has 5 nitrogen and oxygen atoms in total. The summed E-state index contributed by atoms with van der Waals surface area (Å²) in [5.41, 5.74) is 5.31. The monoisotopic (exact) mass is 419 g/mol. The van der Waals surface area contributed by atoms with Crippen molar-refractivity contribution >= 4 is 17.4 Å². The van der Waals surface area contributed by atoms with Gasteiger partial charge in [0.25, 0.3) is 5.91 Å². The molecule has 2 N–H and O–H groups in total. The van der Waals surface area contributed by atoms with Gasteiger partial charge in [0.15, 0.2) is 5.78 Å². The van der Waals surface area contributed by atoms with Gasteiger partial charge in [0.05, 0.1) is 0 Å². The van der Waals surface area contributed by atoms with Gasteiger partial charge in [-0.1, -0.05) is 84.0 Å². The van der Waals surface area contributed by atoms with Crippen LogP contribution in [0.2, 0.25) is 0 Å². The van der Waals surface area contributed by atoms with Crippen LogP contribution in [-0.2, 0) is 9.59 Å². The van der Waals surface area contributed by atoms with Crippen molar-refractivity contribution in [2.24, 2.45) is 10.8 Å². The molecule has 1 amide bonds. The molecule has 0 aromatic carbocycles. The quantitative estimate of drug-likeness (QED) is 0.353. The third kappa shape index (κ3) is 10.8. The Kier molecular flexibility index (Phi) is 12.1. The van der Waals surface area contributed by atoms with Gasteiger partial charge in [-0.25, -0.2) is 5.01 Å². The molecule has 0 spiro atoms. The lowest BCUT2D eigenvalue weighted by atomic mass is 10.0. The Labute approximate surface area is 172 Å². The van der Waals surface area contributed by atoms with Crippen molar-refractivity contribution < 1.29 is 22.8 Å². The molecule has 1 aliphatic rings. The van der Waals surface area contributed by atoms with E-state index in [4.69, 9.17) is 5.73 Å². The number of amides is 1. The zero-order valence-corrected chi connectivity index (χ0v) is 17.6. The van der Waals surface area contributed by atoms with Gasteiger partial charge in [0.2, 0.25) is 0 Å². The van der Waals surface area contributed by atoms with Crippen molar-refractivity contribution in [1.82, 2.24) is 5.01 Å². The molecule has 168 valence electrons. The number of hydrazone groups is 1. The van der Waals surface area contributed by atoms with Crippen molar-refractivity contribution in [1.29, 1.82) is 0 Å². The van der Waals surface area contributed by atoms with E-state index in [9.17, 15) is 22.8 Å². The number of nitrogens with two attached hydrogens (primary N) is 1. The minimum absolute atomic E-state index is 0.164. The number of carbonyl (C=O) groups excluding carboxylic acids is 2. The number of hydrogen-bond acceptors (Lipinski definition) is 4. The summed E-state index contributed by atoms with van der Waals surface area (Å²) in [5.74, 6) is -1.41. The van der Waals surface area contributed by atoms with Crippen molar-refractivity contribution in [3.05, 3.63) is 0 Å². The van der Waals surface area contributed by atoms with Crippen LogP contribution in [-0.4, -0.2) is 41.2 Å². The lowest BCUT2D eigenvalue weighted by Crippen LogP contribution is -2.43. The van der Waals surface area contributed by atoms with E-state index in [2.05, 4.69) is 12.0 Å². The van der Waals surface area contributed by atoms with Gasteiger partial charge >= 0.3 is 6.18 Å². The lowest BCUT2D eigenvalue weighted by molar-refractivity contribution is -0.159. The van der Waals surface area contributed by atoms with Gasteiger partial charge in [-0.05, 0) is 6.42 Å². The first-order chi connectivity index (χ1) is 13.8. The van der Waals surface area contributed by atoms with Gasteiger partial charge in [-0.2, -0.15) is 18.3 Å². The molecule has 1 rings (SSSR count). The predicted octanol–water partition coefficient (Wildman–Crippen LogP) is 5.12. The molecule has 0 aromatic heterocycles.